The van der Waals surface area contributed by atoms with E-state index in [2.05, 4.69) is 0 Å². The molecule has 2 unspecified atom stereocenters. The third-order valence-corrected chi connectivity index (χ3v) is 5.81. The summed E-state index contributed by atoms with van der Waals surface area (Å²) in [6.45, 7) is 2.41. The van der Waals surface area contributed by atoms with E-state index in [0.717, 1.165) is 28.8 Å². The Morgan fingerprint density at radius 3 is 2.72 bits per heavy atom. The first-order valence-corrected chi connectivity index (χ1v) is 9.81. The number of nitrogens with zero attached hydrogens (tertiary/aromatic N) is 3. The predicted octanol–water partition coefficient (Wildman–Crippen LogP) is 2.94. The van der Waals surface area contributed by atoms with E-state index in [1.165, 1.54) is 0 Å². The standard InChI is InChI=1S/C23H25N3O3/c1-16-10-11-19-18(14-16)26-20(15-29-19)23(12-7-13-27,17-8-5-4-6-9-17)21(24-26)22(28)25(2)3/h4-6,8-11,13-14,20H,7,12,15H2,1-3H3. The van der Waals surface area contributed by atoms with Gasteiger partial charge < -0.3 is 14.4 Å². The van der Waals surface area contributed by atoms with Crippen molar-refractivity contribution in [2.75, 3.05) is 25.7 Å². The van der Waals surface area contributed by atoms with E-state index in [1.54, 1.807) is 19.0 Å². The zero-order valence-corrected chi connectivity index (χ0v) is 17.0. The highest BCUT2D eigenvalue weighted by Gasteiger charge is 2.56. The molecule has 2 aromatic carbocycles. The second kappa shape index (κ2) is 7.35. The number of rotatable bonds is 5. The molecule has 2 aliphatic rings. The maximum atomic E-state index is 13.3. The van der Waals surface area contributed by atoms with Crippen LogP contribution in [0.25, 0.3) is 0 Å². The number of amides is 1. The third kappa shape index (κ3) is 2.99. The summed E-state index contributed by atoms with van der Waals surface area (Å²) in [6.07, 6.45) is 1.73. The Morgan fingerprint density at radius 2 is 2.03 bits per heavy atom. The van der Waals surface area contributed by atoms with Crippen molar-refractivity contribution in [3.63, 3.8) is 0 Å². The number of aryl methyl sites for hydroxylation is 1. The van der Waals surface area contributed by atoms with Crippen LogP contribution in [0.1, 0.15) is 24.0 Å². The normalized spacial score (nSPS) is 22.2. The smallest absolute Gasteiger partial charge is 0.270 e. The van der Waals surface area contributed by atoms with Crippen molar-refractivity contribution in [3.05, 3.63) is 59.7 Å². The highest BCUT2D eigenvalue weighted by molar-refractivity contribution is 6.43. The number of fused-ring (bicyclic) bond motifs is 3. The summed E-state index contributed by atoms with van der Waals surface area (Å²) in [5, 5.41) is 6.79. The number of benzene rings is 2. The lowest BCUT2D eigenvalue weighted by Gasteiger charge is -2.41. The molecule has 6 heteroatoms. The molecule has 0 saturated carbocycles. The lowest BCUT2D eigenvalue weighted by molar-refractivity contribution is -0.122. The molecule has 29 heavy (non-hydrogen) atoms. The predicted molar refractivity (Wildman–Crippen MR) is 112 cm³/mol. The van der Waals surface area contributed by atoms with Gasteiger partial charge in [-0.2, -0.15) is 5.10 Å². The second-order valence-electron chi connectivity index (χ2n) is 7.83. The van der Waals surface area contributed by atoms with Gasteiger partial charge in [0.15, 0.2) is 0 Å². The Kier molecular flexibility index (Phi) is 4.86. The number of carbonyl (C=O) groups is 2. The van der Waals surface area contributed by atoms with Crippen LogP contribution in [0.15, 0.2) is 53.6 Å². The van der Waals surface area contributed by atoms with E-state index in [0.29, 0.717) is 25.2 Å². The van der Waals surface area contributed by atoms with Crippen LogP contribution in [0, 0.1) is 6.92 Å². The van der Waals surface area contributed by atoms with Crippen molar-refractivity contribution in [1.29, 1.82) is 0 Å². The van der Waals surface area contributed by atoms with Crippen molar-refractivity contribution in [3.8, 4) is 5.75 Å². The van der Waals surface area contributed by atoms with Gasteiger partial charge in [0.1, 0.15) is 36.1 Å². The van der Waals surface area contributed by atoms with Crippen LogP contribution in [0.5, 0.6) is 5.75 Å². The van der Waals surface area contributed by atoms with Gasteiger partial charge in [0.2, 0.25) is 0 Å². The minimum absolute atomic E-state index is 0.150. The summed E-state index contributed by atoms with van der Waals surface area (Å²) in [5.41, 5.74) is 2.65. The van der Waals surface area contributed by atoms with Crippen LogP contribution >= 0.6 is 0 Å². The number of hydrogen-bond acceptors (Lipinski definition) is 5. The number of hydrogen-bond donors (Lipinski definition) is 0. The topological polar surface area (TPSA) is 62.2 Å². The SMILES string of the molecule is Cc1ccc2c(c1)N1N=C(C(=O)N(C)C)C(CCC=O)(c3ccccc3)C1CO2. The van der Waals surface area contributed by atoms with Crippen molar-refractivity contribution >= 4 is 23.6 Å². The zero-order valence-electron chi connectivity index (χ0n) is 17.0. The number of ether oxygens (including phenoxy) is 1. The molecule has 0 N–H and O–H groups in total. The number of hydrazone groups is 1. The number of carbonyl (C=O) groups excluding carboxylic acids is 2. The van der Waals surface area contributed by atoms with Crippen LogP contribution in [-0.2, 0) is 15.0 Å². The molecule has 2 atom stereocenters. The average molecular weight is 391 g/mol. The van der Waals surface area contributed by atoms with Crippen molar-refractivity contribution in [2.24, 2.45) is 5.10 Å². The van der Waals surface area contributed by atoms with Crippen LogP contribution in [0.3, 0.4) is 0 Å². The second-order valence-corrected chi connectivity index (χ2v) is 7.83. The van der Waals surface area contributed by atoms with Crippen molar-refractivity contribution < 1.29 is 14.3 Å². The molecule has 4 rings (SSSR count). The summed E-state index contributed by atoms with van der Waals surface area (Å²) in [6, 6.07) is 15.7. The highest BCUT2D eigenvalue weighted by Crippen LogP contribution is 2.48. The van der Waals surface area contributed by atoms with E-state index in [9.17, 15) is 9.59 Å². The van der Waals surface area contributed by atoms with Gasteiger partial charge in [0, 0.05) is 20.5 Å². The Labute approximate surface area is 170 Å². The fourth-order valence-corrected chi connectivity index (χ4v) is 4.39. The minimum Gasteiger partial charge on any atom is -0.489 e. The molecule has 0 spiro atoms. The van der Waals surface area contributed by atoms with Gasteiger partial charge in [0.05, 0.1) is 5.41 Å². The quantitative estimate of drug-likeness (QED) is 0.736. The Morgan fingerprint density at radius 1 is 1.28 bits per heavy atom. The summed E-state index contributed by atoms with van der Waals surface area (Å²) < 4.78 is 6.11. The molecule has 0 aliphatic carbocycles. The zero-order chi connectivity index (χ0) is 20.6. The lowest BCUT2D eigenvalue weighted by Crippen LogP contribution is -2.55. The van der Waals surface area contributed by atoms with Gasteiger partial charge in [-0.15, -0.1) is 0 Å². The lowest BCUT2D eigenvalue weighted by atomic mass is 9.67. The summed E-state index contributed by atoms with van der Waals surface area (Å²) in [4.78, 5) is 26.2. The Bertz CT molecular complexity index is 971. The number of anilines is 1. The van der Waals surface area contributed by atoms with Crippen molar-refractivity contribution in [1.82, 2.24) is 4.90 Å². The van der Waals surface area contributed by atoms with E-state index >= 15 is 0 Å². The molecule has 0 bridgehead atoms. The molecular formula is C23H25N3O3. The molecule has 0 fully saturated rings. The minimum atomic E-state index is -0.731. The molecule has 6 nitrogen and oxygen atoms in total. The van der Waals surface area contributed by atoms with Gasteiger partial charge in [-0.3, -0.25) is 9.80 Å². The Balaban J connectivity index is 1.94. The van der Waals surface area contributed by atoms with E-state index in [4.69, 9.17) is 9.84 Å². The van der Waals surface area contributed by atoms with Crippen LogP contribution < -0.4 is 9.75 Å². The van der Waals surface area contributed by atoms with E-state index < -0.39 is 5.41 Å². The fourth-order valence-electron chi connectivity index (χ4n) is 4.39. The molecule has 150 valence electrons. The average Bonchev–Trinajstić information content (AvgIpc) is 3.07. The summed E-state index contributed by atoms with van der Waals surface area (Å²) in [7, 11) is 3.46. The first-order valence-electron chi connectivity index (χ1n) is 9.81. The van der Waals surface area contributed by atoms with Crippen molar-refractivity contribution in [2.45, 2.75) is 31.2 Å². The first-order chi connectivity index (χ1) is 14.0. The molecule has 0 radical (unpaired) electrons. The fraction of sp³-hybridized carbons (Fsp3) is 0.348. The van der Waals surface area contributed by atoms with Gasteiger partial charge in [-0.05, 0) is 36.6 Å². The van der Waals surface area contributed by atoms with Gasteiger partial charge in [-0.1, -0.05) is 36.4 Å². The largest absolute Gasteiger partial charge is 0.489 e. The summed E-state index contributed by atoms with van der Waals surface area (Å²) >= 11 is 0. The van der Waals surface area contributed by atoms with Crippen LogP contribution in [-0.4, -0.2) is 49.5 Å². The van der Waals surface area contributed by atoms with E-state index in [1.807, 2.05) is 60.5 Å². The monoisotopic (exact) mass is 391 g/mol. The Hall–Kier alpha value is -3.15. The molecule has 2 aromatic rings. The molecule has 0 saturated heterocycles. The maximum absolute atomic E-state index is 13.3. The third-order valence-electron chi connectivity index (χ3n) is 5.81. The number of aldehydes is 1. The first kappa shape index (κ1) is 19.2. The van der Waals surface area contributed by atoms with E-state index in [-0.39, 0.29) is 11.9 Å². The maximum Gasteiger partial charge on any atom is 0.270 e. The molecule has 1 amide bonds. The molecular weight excluding hydrogens is 366 g/mol. The molecule has 2 heterocycles. The summed E-state index contributed by atoms with van der Waals surface area (Å²) in [5.74, 6) is 0.606. The highest BCUT2D eigenvalue weighted by atomic mass is 16.5. The van der Waals surface area contributed by atoms with Crippen LogP contribution in [0.2, 0.25) is 0 Å². The van der Waals surface area contributed by atoms with Crippen LogP contribution in [0.4, 0.5) is 5.69 Å². The molecule has 0 aromatic heterocycles. The van der Waals surface area contributed by atoms with Gasteiger partial charge >= 0.3 is 0 Å². The van der Waals surface area contributed by atoms with Gasteiger partial charge in [-0.25, -0.2) is 0 Å². The molecule has 2 aliphatic heterocycles. The van der Waals surface area contributed by atoms with Gasteiger partial charge in [0.25, 0.3) is 5.91 Å².